The van der Waals surface area contributed by atoms with Gasteiger partial charge < -0.3 is 25.5 Å². The van der Waals surface area contributed by atoms with E-state index in [1.807, 2.05) is 11.8 Å². The molecule has 3 N–H and O–H groups in total. The minimum absolute atomic E-state index is 0.00917. The van der Waals surface area contributed by atoms with Crippen LogP contribution in [0.4, 0.5) is 4.39 Å². The zero-order valence-corrected chi connectivity index (χ0v) is 18.1. The molecule has 1 aromatic carbocycles. The van der Waals surface area contributed by atoms with E-state index in [2.05, 4.69) is 11.4 Å². The van der Waals surface area contributed by atoms with Crippen molar-refractivity contribution in [2.24, 2.45) is 11.7 Å². The summed E-state index contributed by atoms with van der Waals surface area (Å²) in [6.45, 7) is 2.67. The SMILES string of the molecule is C[C@@H](c1ccc(F)cc1)N1C(=O)[C@@H](NCC([B]OCN)C(=O)N2CCCC2C#N)[C@@H]2C[C@H]21. The molecule has 10 heteroatoms. The van der Waals surface area contributed by atoms with Crippen LogP contribution in [-0.4, -0.2) is 67.0 Å². The van der Waals surface area contributed by atoms with Crippen LogP contribution in [0.25, 0.3) is 0 Å². The van der Waals surface area contributed by atoms with E-state index >= 15 is 0 Å². The number of benzene rings is 1. The lowest BCUT2D eigenvalue weighted by atomic mass is 9.78. The Morgan fingerprint density at radius 1 is 1.44 bits per heavy atom. The van der Waals surface area contributed by atoms with Crippen LogP contribution in [0.15, 0.2) is 24.3 Å². The summed E-state index contributed by atoms with van der Waals surface area (Å²) in [6.07, 6.45) is 2.36. The molecular formula is C22H28BFN5O3. The van der Waals surface area contributed by atoms with Gasteiger partial charge in [-0.05, 0) is 43.9 Å². The number of carbonyl (C=O) groups is 2. The van der Waals surface area contributed by atoms with Crippen molar-refractivity contribution in [1.29, 1.82) is 5.26 Å². The van der Waals surface area contributed by atoms with Crippen molar-refractivity contribution in [3.05, 3.63) is 35.6 Å². The lowest BCUT2D eigenvalue weighted by molar-refractivity contribution is -0.134. The van der Waals surface area contributed by atoms with Gasteiger partial charge in [0.05, 0.1) is 30.7 Å². The fourth-order valence-electron chi connectivity index (χ4n) is 5.00. The van der Waals surface area contributed by atoms with Crippen LogP contribution in [0.5, 0.6) is 0 Å². The molecule has 6 atom stereocenters. The van der Waals surface area contributed by atoms with Crippen LogP contribution in [0, 0.1) is 23.1 Å². The van der Waals surface area contributed by atoms with Gasteiger partial charge >= 0.3 is 7.48 Å². The third kappa shape index (κ3) is 4.38. The molecule has 1 radical (unpaired) electrons. The second kappa shape index (κ2) is 9.57. The summed E-state index contributed by atoms with van der Waals surface area (Å²) < 4.78 is 18.5. The van der Waals surface area contributed by atoms with Gasteiger partial charge in [0.2, 0.25) is 11.8 Å². The molecule has 0 bridgehead atoms. The smallest absolute Gasteiger partial charge is 0.308 e. The topological polar surface area (TPSA) is 112 Å². The van der Waals surface area contributed by atoms with Gasteiger partial charge in [-0.3, -0.25) is 9.59 Å². The minimum Gasteiger partial charge on any atom is -0.428 e. The van der Waals surface area contributed by atoms with E-state index in [1.165, 1.54) is 19.6 Å². The Hall–Kier alpha value is -2.48. The van der Waals surface area contributed by atoms with E-state index < -0.39 is 11.9 Å². The van der Waals surface area contributed by atoms with Crippen LogP contribution in [0.3, 0.4) is 0 Å². The number of rotatable bonds is 9. The zero-order chi connectivity index (χ0) is 22.8. The summed E-state index contributed by atoms with van der Waals surface area (Å²) in [5.41, 5.74) is 6.32. The van der Waals surface area contributed by atoms with Gasteiger partial charge in [0.15, 0.2) is 0 Å². The molecule has 2 amide bonds. The number of likely N-dealkylation sites (tertiary alicyclic amines) is 2. The second-order valence-corrected chi connectivity index (χ2v) is 8.72. The molecule has 0 spiro atoms. The Morgan fingerprint density at radius 3 is 2.88 bits per heavy atom. The van der Waals surface area contributed by atoms with E-state index in [1.54, 1.807) is 17.0 Å². The summed E-state index contributed by atoms with van der Waals surface area (Å²) in [6, 6.07) is 7.60. The average Bonchev–Trinajstić information content (AvgIpc) is 3.30. The van der Waals surface area contributed by atoms with E-state index in [4.69, 9.17) is 10.4 Å². The van der Waals surface area contributed by atoms with Crippen molar-refractivity contribution in [3.63, 3.8) is 0 Å². The normalized spacial score (nSPS) is 28.2. The van der Waals surface area contributed by atoms with Crippen molar-refractivity contribution in [3.8, 4) is 6.07 Å². The number of nitriles is 1. The average molecular weight is 440 g/mol. The summed E-state index contributed by atoms with van der Waals surface area (Å²) in [4.78, 5) is 29.7. The summed E-state index contributed by atoms with van der Waals surface area (Å²) in [5.74, 6) is -0.952. The zero-order valence-electron chi connectivity index (χ0n) is 18.1. The molecule has 1 aromatic rings. The molecule has 2 aliphatic heterocycles. The van der Waals surface area contributed by atoms with Crippen molar-refractivity contribution < 1.29 is 18.6 Å². The number of nitrogens with one attached hydrogen (secondary N) is 1. The number of halogens is 1. The Morgan fingerprint density at radius 2 is 2.19 bits per heavy atom. The number of nitrogens with two attached hydrogens (primary N) is 1. The van der Waals surface area contributed by atoms with E-state index in [0.717, 1.165) is 18.4 Å². The van der Waals surface area contributed by atoms with Crippen LogP contribution in [0.2, 0.25) is 5.82 Å². The number of piperidine rings is 1. The fourth-order valence-corrected chi connectivity index (χ4v) is 5.00. The molecule has 169 valence electrons. The highest BCUT2D eigenvalue weighted by atomic mass is 19.1. The standard InChI is InChI=1S/C22H28BFN5O3/c1-13(14-4-6-15(24)7-5-14)29-19-9-17(19)20(22(29)31)27-11-18(23-32-12-26)21(30)28-8-2-3-16(28)10-25/h4-7,13,16-20,27H,2-3,8-9,11-12,26H2,1H3/t13-,16?,17+,18?,19+,20-/m0/s1. The Kier molecular flexibility index (Phi) is 6.79. The molecule has 2 heterocycles. The molecule has 32 heavy (non-hydrogen) atoms. The number of amides is 2. The molecule has 4 rings (SSSR count). The lowest BCUT2D eigenvalue weighted by Gasteiger charge is -2.29. The van der Waals surface area contributed by atoms with Gasteiger partial charge in [-0.15, -0.1) is 0 Å². The highest BCUT2D eigenvalue weighted by Gasteiger charge is 2.59. The largest absolute Gasteiger partial charge is 0.428 e. The molecule has 1 saturated carbocycles. The monoisotopic (exact) mass is 440 g/mol. The first-order valence-corrected chi connectivity index (χ1v) is 11.1. The maximum absolute atomic E-state index is 13.3. The number of nitrogens with zero attached hydrogens (tertiary/aromatic N) is 3. The molecule has 3 aliphatic rings. The van der Waals surface area contributed by atoms with Crippen LogP contribution in [0.1, 0.15) is 37.8 Å². The van der Waals surface area contributed by atoms with Crippen molar-refractivity contribution in [2.45, 2.75) is 56.2 Å². The van der Waals surface area contributed by atoms with Gasteiger partial charge in [0.1, 0.15) is 11.9 Å². The predicted molar refractivity (Wildman–Crippen MR) is 115 cm³/mol. The Balaban J connectivity index is 1.40. The number of carbonyl (C=O) groups excluding carboxylic acids is 2. The quantitative estimate of drug-likeness (QED) is 0.437. The van der Waals surface area contributed by atoms with Crippen LogP contribution < -0.4 is 11.1 Å². The van der Waals surface area contributed by atoms with E-state index in [0.29, 0.717) is 13.0 Å². The first kappa shape index (κ1) is 22.7. The van der Waals surface area contributed by atoms with Gasteiger partial charge in [0, 0.05) is 25.0 Å². The fraction of sp³-hybridized carbons (Fsp3) is 0.591. The number of hydrogen-bond donors (Lipinski definition) is 2. The van der Waals surface area contributed by atoms with E-state index in [-0.39, 0.29) is 55.0 Å². The minimum atomic E-state index is -0.638. The van der Waals surface area contributed by atoms with Crippen LogP contribution in [-0.2, 0) is 14.2 Å². The van der Waals surface area contributed by atoms with Gasteiger partial charge in [-0.2, -0.15) is 5.26 Å². The van der Waals surface area contributed by atoms with Gasteiger partial charge in [-0.1, -0.05) is 12.1 Å². The summed E-state index contributed by atoms with van der Waals surface area (Å²) >= 11 is 0. The molecule has 1 aliphatic carbocycles. The Labute approximate surface area is 188 Å². The molecule has 3 fully saturated rings. The third-order valence-electron chi connectivity index (χ3n) is 6.80. The van der Waals surface area contributed by atoms with Crippen molar-refractivity contribution >= 4 is 19.3 Å². The first-order valence-electron chi connectivity index (χ1n) is 11.1. The molecule has 2 saturated heterocycles. The highest BCUT2D eigenvalue weighted by Crippen LogP contribution is 2.49. The second-order valence-electron chi connectivity index (χ2n) is 8.72. The van der Waals surface area contributed by atoms with E-state index in [9.17, 15) is 19.2 Å². The van der Waals surface area contributed by atoms with Crippen LogP contribution >= 0.6 is 0 Å². The van der Waals surface area contributed by atoms with Gasteiger partial charge in [-0.25, -0.2) is 4.39 Å². The molecular weight excluding hydrogens is 412 g/mol. The number of hydrogen-bond acceptors (Lipinski definition) is 6. The molecule has 0 aromatic heterocycles. The third-order valence-corrected chi connectivity index (χ3v) is 6.80. The summed E-state index contributed by atoms with van der Waals surface area (Å²) in [7, 11) is 1.41. The van der Waals surface area contributed by atoms with Crippen molar-refractivity contribution in [2.75, 3.05) is 19.8 Å². The summed E-state index contributed by atoms with van der Waals surface area (Å²) in [5, 5.41) is 12.6. The first-order chi connectivity index (χ1) is 15.5. The predicted octanol–water partition coefficient (Wildman–Crippen LogP) is 0.931. The van der Waals surface area contributed by atoms with Crippen molar-refractivity contribution in [1.82, 2.24) is 15.1 Å². The maximum atomic E-state index is 13.3. The molecule has 8 nitrogen and oxygen atoms in total. The highest BCUT2D eigenvalue weighted by molar-refractivity contribution is 6.37. The number of fused-ring (bicyclic) bond motifs is 1. The Bertz CT molecular complexity index is 895. The lowest BCUT2D eigenvalue weighted by Crippen LogP contribution is -2.47. The maximum Gasteiger partial charge on any atom is 0.308 e. The molecule has 2 unspecified atom stereocenters. The van der Waals surface area contributed by atoms with Gasteiger partial charge in [0.25, 0.3) is 0 Å².